The Morgan fingerprint density at radius 1 is 1.18 bits per heavy atom. The number of aryl methyl sites for hydroxylation is 1. The van der Waals surface area contributed by atoms with Crippen LogP contribution in [0.5, 0.6) is 0 Å². The molecule has 114 valence electrons. The van der Waals surface area contributed by atoms with Crippen LogP contribution in [-0.4, -0.2) is 46.7 Å². The van der Waals surface area contributed by atoms with Crippen LogP contribution in [0.3, 0.4) is 0 Å². The van der Waals surface area contributed by atoms with Crippen LogP contribution >= 0.6 is 11.3 Å². The van der Waals surface area contributed by atoms with Crippen LogP contribution in [0.2, 0.25) is 0 Å². The summed E-state index contributed by atoms with van der Waals surface area (Å²) in [6, 6.07) is 6.98. The number of likely N-dealkylation sites (N-methyl/N-ethyl adjacent to an activating group) is 1. The molecule has 1 aromatic carbocycles. The fraction of sp³-hybridized carbons (Fsp3) is 0.312. The van der Waals surface area contributed by atoms with Gasteiger partial charge in [0.05, 0.1) is 16.1 Å². The van der Waals surface area contributed by atoms with Gasteiger partial charge in [-0.2, -0.15) is 0 Å². The molecular weight excluding hydrogens is 298 g/mol. The Bertz CT molecular complexity index is 691. The van der Waals surface area contributed by atoms with Crippen LogP contribution < -0.4 is 0 Å². The summed E-state index contributed by atoms with van der Waals surface area (Å²) in [4.78, 5) is 33.4. The lowest BCUT2D eigenvalue weighted by atomic mass is 10.1. The third kappa shape index (κ3) is 2.80. The van der Waals surface area contributed by atoms with E-state index >= 15 is 0 Å². The highest BCUT2D eigenvalue weighted by molar-refractivity contribution is 7.11. The van der Waals surface area contributed by atoms with Gasteiger partial charge in [-0.25, -0.2) is 4.98 Å². The highest BCUT2D eigenvalue weighted by atomic mass is 32.1. The number of aromatic nitrogens is 1. The van der Waals surface area contributed by atoms with Gasteiger partial charge in [0.25, 0.3) is 11.8 Å². The summed E-state index contributed by atoms with van der Waals surface area (Å²) in [6.07, 6.45) is 1.87. The molecule has 0 radical (unpaired) electrons. The van der Waals surface area contributed by atoms with Crippen LogP contribution in [0.1, 0.15) is 30.6 Å². The van der Waals surface area contributed by atoms with Gasteiger partial charge in [0.1, 0.15) is 0 Å². The van der Waals surface area contributed by atoms with E-state index in [2.05, 4.69) is 9.88 Å². The van der Waals surface area contributed by atoms with Crippen molar-refractivity contribution < 1.29 is 9.59 Å². The van der Waals surface area contributed by atoms with Gasteiger partial charge in [-0.3, -0.25) is 19.4 Å². The van der Waals surface area contributed by atoms with Gasteiger partial charge in [-0.15, -0.1) is 11.3 Å². The molecule has 5 nitrogen and oxygen atoms in total. The van der Waals surface area contributed by atoms with E-state index in [0.29, 0.717) is 24.2 Å². The molecule has 0 aliphatic carbocycles. The molecule has 2 amide bonds. The summed E-state index contributed by atoms with van der Waals surface area (Å²) >= 11 is 1.66. The molecule has 6 heteroatoms. The van der Waals surface area contributed by atoms with E-state index in [-0.39, 0.29) is 11.8 Å². The summed E-state index contributed by atoms with van der Waals surface area (Å²) in [5.74, 6) is -0.384. The second-order valence-corrected chi connectivity index (χ2v) is 6.71. The van der Waals surface area contributed by atoms with Crippen molar-refractivity contribution in [3.8, 4) is 0 Å². The van der Waals surface area contributed by atoms with Gasteiger partial charge < -0.3 is 0 Å². The lowest BCUT2D eigenvalue weighted by Gasteiger charge is -2.19. The van der Waals surface area contributed by atoms with Gasteiger partial charge in [0, 0.05) is 30.7 Å². The van der Waals surface area contributed by atoms with Crippen LogP contribution in [0.25, 0.3) is 0 Å². The number of fused-ring (bicyclic) bond motifs is 1. The maximum atomic E-state index is 12.3. The van der Waals surface area contributed by atoms with Gasteiger partial charge in [0.15, 0.2) is 0 Å². The molecule has 3 rings (SSSR count). The predicted molar refractivity (Wildman–Crippen MR) is 85.0 cm³/mol. The number of carbonyl (C=O) groups is 2. The molecule has 0 saturated heterocycles. The number of hydrogen-bond donors (Lipinski definition) is 0. The molecule has 1 aromatic heterocycles. The molecule has 0 unspecified atom stereocenters. The maximum absolute atomic E-state index is 12.3. The fourth-order valence-corrected chi connectivity index (χ4v) is 3.41. The number of thiazole rings is 1. The van der Waals surface area contributed by atoms with Crippen molar-refractivity contribution in [2.75, 3.05) is 20.1 Å². The van der Waals surface area contributed by atoms with E-state index in [4.69, 9.17) is 0 Å². The third-order valence-corrected chi connectivity index (χ3v) is 4.58. The number of nitrogens with zero attached hydrogens (tertiary/aromatic N) is 3. The average Bonchev–Trinajstić information content (AvgIpc) is 3.01. The van der Waals surface area contributed by atoms with Crippen LogP contribution in [0.15, 0.2) is 30.5 Å². The monoisotopic (exact) mass is 315 g/mol. The lowest BCUT2D eigenvalue weighted by Crippen LogP contribution is -2.36. The third-order valence-electron chi connectivity index (χ3n) is 3.68. The smallest absolute Gasteiger partial charge is 0.261 e. The zero-order valence-electron chi connectivity index (χ0n) is 12.6. The van der Waals surface area contributed by atoms with Crippen LogP contribution in [0.4, 0.5) is 0 Å². The molecule has 0 atom stereocenters. The van der Waals surface area contributed by atoms with E-state index in [0.717, 1.165) is 11.6 Å². The molecular formula is C16H17N3O2S. The molecule has 1 aliphatic heterocycles. The summed E-state index contributed by atoms with van der Waals surface area (Å²) in [6.45, 7) is 3.80. The number of amides is 2. The Kier molecular flexibility index (Phi) is 4.04. The normalized spacial score (nSPS) is 14.0. The first-order chi connectivity index (χ1) is 10.6. The number of imide groups is 1. The molecule has 1 aliphatic rings. The first-order valence-electron chi connectivity index (χ1n) is 7.11. The Hall–Kier alpha value is -2.05. The quantitative estimate of drug-likeness (QED) is 0.794. The average molecular weight is 315 g/mol. The van der Waals surface area contributed by atoms with E-state index in [9.17, 15) is 9.59 Å². The molecule has 22 heavy (non-hydrogen) atoms. The minimum absolute atomic E-state index is 0.192. The number of carbonyl (C=O) groups excluding carboxylic acids is 2. The largest absolute Gasteiger partial charge is 0.299 e. The summed E-state index contributed by atoms with van der Waals surface area (Å²) in [5.41, 5.74) is 1.02. The van der Waals surface area contributed by atoms with Crippen molar-refractivity contribution in [3.63, 3.8) is 0 Å². The molecule has 2 heterocycles. The van der Waals surface area contributed by atoms with Crippen LogP contribution in [-0.2, 0) is 6.54 Å². The first kappa shape index (κ1) is 14.9. The Morgan fingerprint density at radius 3 is 2.36 bits per heavy atom. The molecule has 0 spiro atoms. The van der Waals surface area contributed by atoms with Crippen molar-refractivity contribution in [3.05, 3.63) is 51.5 Å². The molecule has 0 fully saturated rings. The van der Waals surface area contributed by atoms with E-state index in [1.54, 1.807) is 35.6 Å². The summed E-state index contributed by atoms with van der Waals surface area (Å²) < 4.78 is 0. The zero-order valence-corrected chi connectivity index (χ0v) is 13.4. The first-order valence-corrected chi connectivity index (χ1v) is 7.93. The van der Waals surface area contributed by atoms with Crippen molar-refractivity contribution in [2.45, 2.75) is 13.5 Å². The highest BCUT2D eigenvalue weighted by Gasteiger charge is 2.34. The van der Waals surface area contributed by atoms with Gasteiger partial charge in [-0.1, -0.05) is 12.1 Å². The second-order valence-electron chi connectivity index (χ2n) is 5.39. The lowest BCUT2D eigenvalue weighted by molar-refractivity contribution is 0.0640. The summed E-state index contributed by atoms with van der Waals surface area (Å²) in [7, 11) is 1.98. The van der Waals surface area contributed by atoms with E-state index in [1.165, 1.54) is 9.78 Å². The predicted octanol–water partition coefficient (Wildman–Crippen LogP) is 2.18. The topological polar surface area (TPSA) is 53.5 Å². The minimum Gasteiger partial charge on any atom is -0.299 e. The van der Waals surface area contributed by atoms with E-state index in [1.807, 2.05) is 20.2 Å². The molecule has 0 bridgehead atoms. The zero-order chi connectivity index (χ0) is 15.7. The van der Waals surface area contributed by atoms with Gasteiger partial charge in [-0.05, 0) is 26.1 Å². The highest BCUT2D eigenvalue weighted by Crippen LogP contribution is 2.22. The molecule has 2 aromatic rings. The number of benzene rings is 1. The second kappa shape index (κ2) is 5.98. The van der Waals surface area contributed by atoms with Gasteiger partial charge in [0.2, 0.25) is 0 Å². The van der Waals surface area contributed by atoms with Crippen molar-refractivity contribution in [1.29, 1.82) is 0 Å². The van der Waals surface area contributed by atoms with Crippen molar-refractivity contribution in [2.24, 2.45) is 0 Å². The van der Waals surface area contributed by atoms with Crippen molar-refractivity contribution >= 4 is 23.2 Å². The van der Waals surface area contributed by atoms with Gasteiger partial charge >= 0.3 is 0 Å². The Labute approximate surface area is 133 Å². The molecule has 0 N–H and O–H groups in total. The SMILES string of the molecule is Cc1ncc(CN(C)CCN2C(=O)c3ccccc3C2=O)s1. The van der Waals surface area contributed by atoms with E-state index < -0.39 is 0 Å². The maximum Gasteiger partial charge on any atom is 0.261 e. The van der Waals surface area contributed by atoms with Crippen molar-refractivity contribution in [1.82, 2.24) is 14.8 Å². The number of hydrogen-bond acceptors (Lipinski definition) is 5. The Morgan fingerprint density at radius 2 is 1.82 bits per heavy atom. The minimum atomic E-state index is -0.192. The molecule has 0 saturated carbocycles. The standard InChI is InChI=1S/C16H17N3O2S/c1-11-17-9-12(22-11)10-18(2)7-8-19-15(20)13-5-3-4-6-14(13)16(19)21/h3-6,9H,7-8,10H2,1-2H3. The fourth-order valence-electron chi connectivity index (χ4n) is 2.54. The summed E-state index contributed by atoms with van der Waals surface area (Å²) in [5, 5.41) is 1.05. The van der Waals surface area contributed by atoms with Crippen LogP contribution in [0, 0.1) is 6.92 Å². The number of rotatable bonds is 5. The Balaban J connectivity index is 1.60.